The van der Waals surface area contributed by atoms with Crippen molar-refractivity contribution in [2.75, 3.05) is 0 Å². The molecule has 1 saturated carbocycles. The fraction of sp³-hybridized carbons (Fsp3) is 0.950. The molecule has 1 aliphatic carbocycles. The molecule has 0 spiro atoms. The van der Waals surface area contributed by atoms with Crippen molar-refractivity contribution in [1.82, 2.24) is 0 Å². The SMILES string of the molecule is CCC1(OC(=O)C(CC(C)C)(C(C)C)C(O)(C(F)(F)F)C(F)(F)F)CCCCC1. The first-order valence-corrected chi connectivity index (χ1v) is 10.1. The van der Waals surface area contributed by atoms with Gasteiger partial charge in [0.2, 0.25) is 0 Å². The number of ether oxygens (including phenoxy) is 1. The van der Waals surface area contributed by atoms with Gasteiger partial charge in [-0.15, -0.1) is 0 Å². The van der Waals surface area contributed by atoms with Crippen molar-refractivity contribution in [2.24, 2.45) is 17.3 Å². The molecule has 0 aliphatic heterocycles. The Kier molecular flexibility index (Phi) is 7.75. The van der Waals surface area contributed by atoms with E-state index in [4.69, 9.17) is 4.74 Å². The Hall–Kier alpha value is -0.990. The molecule has 0 amide bonds. The van der Waals surface area contributed by atoms with Gasteiger partial charge in [-0.2, -0.15) is 26.3 Å². The number of hydrogen-bond donors (Lipinski definition) is 1. The van der Waals surface area contributed by atoms with Crippen molar-refractivity contribution in [3.63, 3.8) is 0 Å². The number of halogens is 6. The molecule has 0 bridgehead atoms. The van der Waals surface area contributed by atoms with Gasteiger partial charge in [0.05, 0.1) is 0 Å². The molecule has 172 valence electrons. The van der Waals surface area contributed by atoms with Crippen LogP contribution in [0.3, 0.4) is 0 Å². The van der Waals surface area contributed by atoms with E-state index in [0.29, 0.717) is 25.7 Å². The lowest BCUT2D eigenvalue weighted by Crippen LogP contribution is -2.72. The average Bonchev–Trinajstić information content (AvgIpc) is 2.57. The van der Waals surface area contributed by atoms with Crippen LogP contribution in [0.4, 0.5) is 26.3 Å². The van der Waals surface area contributed by atoms with Crippen molar-refractivity contribution < 1.29 is 41.0 Å². The number of esters is 1. The van der Waals surface area contributed by atoms with Crippen LogP contribution in [0.1, 0.15) is 79.6 Å². The third kappa shape index (κ3) is 4.54. The van der Waals surface area contributed by atoms with E-state index in [-0.39, 0.29) is 6.42 Å². The maximum Gasteiger partial charge on any atom is 0.427 e. The van der Waals surface area contributed by atoms with E-state index in [1.54, 1.807) is 6.92 Å². The third-order valence-electron chi connectivity index (χ3n) is 6.26. The summed E-state index contributed by atoms with van der Waals surface area (Å²) < 4.78 is 88.6. The quantitative estimate of drug-likeness (QED) is 0.384. The molecule has 0 saturated heterocycles. The van der Waals surface area contributed by atoms with E-state index >= 15 is 0 Å². The fourth-order valence-electron chi connectivity index (χ4n) is 4.59. The summed E-state index contributed by atoms with van der Waals surface area (Å²) in [5, 5.41) is 10.3. The van der Waals surface area contributed by atoms with Gasteiger partial charge in [-0.25, -0.2) is 0 Å². The fourth-order valence-corrected chi connectivity index (χ4v) is 4.59. The summed E-state index contributed by atoms with van der Waals surface area (Å²) in [6.07, 6.45) is -9.82. The highest BCUT2D eigenvalue weighted by Crippen LogP contribution is 2.59. The van der Waals surface area contributed by atoms with Crippen LogP contribution in [-0.2, 0) is 9.53 Å². The van der Waals surface area contributed by atoms with Gasteiger partial charge in [0, 0.05) is 0 Å². The summed E-state index contributed by atoms with van der Waals surface area (Å²) in [6.45, 7) is 6.69. The minimum atomic E-state index is -6.12. The molecule has 0 aromatic carbocycles. The van der Waals surface area contributed by atoms with Crippen LogP contribution < -0.4 is 0 Å². The van der Waals surface area contributed by atoms with E-state index in [1.807, 2.05) is 0 Å². The summed E-state index contributed by atoms with van der Waals surface area (Å²) in [5.41, 5.74) is -9.56. The molecule has 1 N–H and O–H groups in total. The smallest absolute Gasteiger partial charge is 0.427 e. The Balaban J connectivity index is 3.70. The van der Waals surface area contributed by atoms with Crippen molar-refractivity contribution in [3.8, 4) is 0 Å². The van der Waals surface area contributed by atoms with E-state index < -0.39 is 53.2 Å². The average molecular weight is 434 g/mol. The van der Waals surface area contributed by atoms with Gasteiger partial charge >= 0.3 is 18.3 Å². The summed E-state index contributed by atoms with van der Waals surface area (Å²) in [4.78, 5) is 13.2. The summed E-state index contributed by atoms with van der Waals surface area (Å²) in [7, 11) is 0. The van der Waals surface area contributed by atoms with Gasteiger partial charge < -0.3 is 9.84 Å². The van der Waals surface area contributed by atoms with Crippen molar-refractivity contribution in [3.05, 3.63) is 0 Å². The molecule has 0 radical (unpaired) electrons. The third-order valence-corrected chi connectivity index (χ3v) is 6.26. The molecule has 3 nitrogen and oxygen atoms in total. The van der Waals surface area contributed by atoms with Gasteiger partial charge in [0.15, 0.2) is 0 Å². The zero-order chi connectivity index (χ0) is 22.9. The first kappa shape index (κ1) is 26.0. The molecule has 1 atom stereocenters. The number of carbonyl (C=O) groups excluding carboxylic acids is 1. The van der Waals surface area contributed by atoms with E-state index in [0.717, 1.165) is 20.3 Å². The van der Waals surface area contributed by atoms with Crippen LogP contribution in [0.2, 0.25) is 0 Å². The lowest BCUT2D eigenvalue weighted by atomic mass is 9.59. The Morgan fingerprint density at radius 1 is 0.966 bits per heavy atom. The van der Waals surface area contributed by atoms with Crippen molar-refractivity contribution >= 4 is 5.97 Å². The standard InChI is InChI=1S/C20H32F6O3/c1-6-16(10-8-7-9-11-16)29-15(27)17(14(4)5,12-13(2)3)18(28,19(21,22)23)20(24,25)26/h13-14,28H,6-12H2,1-5H3. The molecule has 0 aromatic rings. The molecule has 0 heterocycles. The zero-order valence-corrected chi connectivity index (χ0v) is 17.6. The lowest BCUT2D eigenvalue weighted by molar-refractivity contribution is -0.407. The van der Waals surface area contributed by atoms with Crippen LogP contribution >= 0.6 is 0 Å². The van der Waals surface area contributed by atoms with Crippen LogP contribution in [0, 0.1) is 17.3 Å². The Morgan fingerprint density at radius 2 is 1.41 bits per heavy atom. The van der Waals surface area contributed by atoms with Crippen LogP contribution in [0.25, 0.3) is 0 Å². The highest BCUT2D eigenvalue weighted by atomic mass is 19.4. The Bertz CT molecular complexity index is 548. The highest BCUT2D eigenvalue weighted by Gasteiger charge is 2.82. The maximum atomic E-state index is 13.8. The van der Waals surface area contributed by atoms with E-state index in [2.05, 4.69) is 0 Å². The normalized spacial score (nSPS) is 20.6. The lowest BCUT2D eigenvalue weighted by Gasteiger charge is -2.51. The maximum absolute atomic E-state index is 13.8. The molecular formula is C20H32F6O3. The van der Waals surface area contributed by atoms with Crippen LogP contribution in [0.5, 0.6) is 0 Å². The number of hydrogen-bond acceptors (Lipinski definition) is 3. The van der Waals surface area contributed by atoms with Crippen LogP contribution in [0.15, 0.2) is 0 Å². The Morgan fingerprint density at radius 3 is 1.72 bits per heavy atom. The van der Waals surface area contributed by atoms with Crippen LogP contribution in [-0.4, -0.2) is 34.6 Å². The van der Waals surface area contributed by atoms with Crippen molar-refractivity contribution in [1.29, 1.82) is 0 Å². The minimum Gasteiger partial charge on any atom is -0.459 e. The summed E-state index contributed by atoms with van der Waals surface area (Å²) >= 11 is 0. The molecular weight excluding hydrogens is 402 g/mol. The van der Waals surface area contributed by atoms with Gasteiger partial charge in [-0.05, 0) is 50.4 Å². The monoisotopic (exact) mass is 434 g/mol. The first-order valence-electron chi connectivity index (χ1n) is 10.1. The predicted molar refractivity (Wildman–Crippen MR) is 96.0 cm³/mol. The van der Waals surface area contributed by atoms with E-state index in [9.17, 15) is 36.2 Å². The molecule has 1 fully saturated rings. The number of rotatable bonds is 7. The van der Waals surface area contributed by atoms with Gasteiger partial charge in [-0.1, -0.05) is 41.0 Å². The number of aliphatic hydroxyl groups is 1. The Labute approximate surface area is 168 Å². The topological polar surface area (TPSA) is 46.5 Å². The van der Waals surface area contributed by atoms with Crippen molar-refractivity contribution in [2.45, 2.75) is 103 Å². The molecule has 0 aromatic heterocycles. The summed E-state index contributed by atoms with van der Waals surface area (Å²) in [6, 6.07) is 0. The molecule has 9 heteroatoms. The summed E-state index contributed by atoms with van der Waals surface area (Å²) in [5.74, 6) is -3.84. The largest absolute Gasteiger partial charge is 0.459 e. The molecule has 1 aliphatic rings. The second-order valence-electron chi connectivity index (χ2n) is 8.92. The van der Waals surface area contributed by atoms with Gasteiger partial charge in [0.1, 0.15) is 11.0 Å². The molecule has 1 rings (SSSR count). The van der Waals surface area contributed by atoms with Gasteiger partial charge in [0.25, 0.3) is 5.60 Å². The first-order chi connectivity index (χ1) is 13.0. The predicted octanol–water partition coefficient (Wildman–Crippen LogP) is 6.19. The van der Waals surface area contributed by atoms with Gasteiger partial charge in [-0.3, -0.25) is 4.79 Å². The number of carbonyl (C=O) groups is 1. The highest BCUT2D eigenvalue weighted by molar-refractivity contribution is 5.80. The van der Waals surface area contributed by atoms with E-state index in [1.165, 1.54) is 13.8 Å². The molecule has 29 heavy (non-hydrogen) atoms. The number of alkyl halides is 6. The molecule has 1 unspecified atom stereocenters. The minimum absolute atomic E-state index is 0.283. The second kappa shape index (κ2) is 8.63. The zero-order valence-electron chi connectivity index (χ0n) is 17.6. The second-order valence-corrected chi connectivity index (χ2v) is 8.92.